The van der Waals surface area contributed by atoms with Crippen LogP contribution in [0, 0.1) is 6.92 Å². The van der Waals surface area contributed by atoms with Crippen molar-refractivity contribution in [2.45, 2.75) is 19.8 Å². The van der Waals surface area contributed by atoms with Gasteiger partial charge in [-0.05, 0) is 49.2 Å². The van der Waals surface area contributed by atoms with E-state index in [2.05, 4.69) is 5.32 Å². The van der Waals surface area contributed by atoms with Crippen molar-refractivity contribution in [1.82, 2.24) is 4.57 Å². The normalized spacial score (nSPS) is 12.9. The Balaban J connectivity index is 1.96. The molecule has 1 aromatic heterocycles. The Bertz CT molecular complexity index is 1400. The van der Waals surface area contributed by atoms with E-state index in [0.717, 1.165) is 11.1 Å². The summed E-state index contributed by atoms with van der Waals surface area (Å²) in [5.74, 6) is -2.78. The van der Waals surface area contributed by atoms with Crippen molar-refractivity contribution in [2.24, 2.45) is 7.05 Å². The molecule has 0 fully saturated rings. The standard InChI is InChI=1S/C25H23N3O6/c1-13-9-15(12-27(2)23(13)30)17-10-14-7-8-21(29)28(3)20(14)11-19(17)26-18-6-4-5-16(24(31)32)22(18)25(33)34/h4-6,9-12,26H,7-8H2,1-3H3,(H,31,32)(H,33,34). The van der Waals surface area contributed by atoms with Crippen LogP contribution in [0.2, 0.25) is 0 Å². The van der Waals surface area contributed by atoms with Crippen molar-refractivity contribution in [1.29, 1.82) is 0 Å². The number of carbonyl (C=O) groups excluding carboxylic acids is 1. The second-order valence-electron chi connectivity index (χ2n) is 8.27. The summed E-state index contributed by atoms with van der Waals surface area (Å²) in [5, 5.41) is 22.3. The van der Waals surface area contributed by atoms with Gasteiger partial charge in [0.15, 0.2) is 0 Å². The summed E-state index contributed by atoms with van der Waals surface area (Å²) in [6.07, 6.45) is 2.60. The third-order valence-electron chi connectivity index (χ3n) is 6.01. The average Bonchev–Trinajstić information content (AvgIpc) is 2.79. The van der Waals surface area contributed by atoms with E-state index >= 15 is 0 Å². The number of fused-ring (bicyclic) bond motifs is 1. The lowest BCUT2D eigenvalue weighted by Gasteiger charge is -2.28. The first-order valence-corrected chi connectivity index (χ1v) is 10.6. The number of aromatic carboxylic acids is 2. The molecule has 1 amide bonds. The molecule has 3 aromatic rings. The van der Waals surface area contributed by atoms with Crippen molar-refractivity contribution in [3.05, 3.63) is 75.2 Å². The third-order valence-corrected chi connectivity index (χ3v) is 6.01. The number of amides is 1. The van der Waals surface area contributed by atoms with Gasteiger partial charge in [0.05, 0.1) is 16.8 Å². The van der Waals surface area contributed by atoms with Gasteiger partial charge in [0.2, 0.25) is 5.91 Å². The summed E-state index contributed by atoms with van der Waals surface area (Å²) >= 11 is 0. The van der Waals surface area contributed by atoms with E-state index in [4.69, 9.17) is 0 Å². The minimum Gasteiger partial charge on any atom is -0.478 e. The van der Waals surface area contributed by atoms with Gasteiger partial charge in [-0.15, -0.1) is 0 Å². The molecule has 0 spiro atoms. The first kappa shape index (κ1) is 22.8. The zero-order valence-corrected chi connectivity index (χ0v) is 18.9. The van der Waals surface area contributed by atoms with Crippen LogP contribution in [0.4, 0.5) is 17.1 Å². The molecule has 9 heteroatoms. The highest BCUT2D eigenvalue weighted by Gasteiger charge is 2.25. The molecule has 0 aliphatic carbocycles. The van der Waals surface area contributed by atoms with Gasteiger partial charge in [0, 0.05) is 54.8 Å². The van der Waals surface area contributed by atoms with Crippen LogP contribution < -0.4 is 15.8 Å². The number of carbonyl (C=O) groups is 3. The molecule has 3 N–H and O–H groups in total. The molecule has 1 aliphatic rings. The summed E-state index contributed by atoms with van der Waals surface area (Å²) in [6.45, 7) is 1.71. The van der Waals surface area contributed by atoms with Gasteiger partial charge in [0.1, 0.15) is 0 Å². The van der Waals surface area contributed by atoms with Crippen LogP contribution in [0.5, 0.6) is 0 Å². The molecule has 2 heterocycles. The Labute approximate surface area is 194 Å². The first-order valence-electron chi connectivity index (χ1n) is 10.6. The lowest BCUT2D eigenvalue weighted by molar-refractivity contribution is -0.118. The van der Waals surface area contributed by atoms with Crippen LogP contribution in [0.15, 0.2) is 47.4 Å². The highest BCUT2D eigenvalue weighted by molar-refractivity contribution is 6.07. The van der Waals surface area contributed by atoms with E-state index < -0.39 is 11.9 Å². The molecule has 9 nitrogen and oxygen atoms in total. The maximum absolute atomic E-state index is 12.3. The summed E-state index contributed by atoms with van der Waals surface area (Å²) in [5.41, 5.74) is 3.28. The van der Waals surface area contributed by atoms with Crippen molar-refractivity contribution >= 4 is 34.9 Å². The number of carboxylic acid groups (broad SMARTS) is 2. The Hall–Kier alpha value is -4.40. The summed E-state index contributed by atoms with van der Waals surface area (Å²) in [4.78, 5) is 49.7. The molecule has 0 unspecified atom stereocenters. The van der Waals surface area contributed by atoms with Crippen molar-refractivity contribution in [3.8, 4) is 11.1 Å². The van der Waals surface area contributed by atoms with Gasteiger partial charge >= 0.3 is 11.9 Å². The average molecular weight is 461 g/mol. The number of nitrogens with zero attached hydrogens (tertiary/aromatic N) is 2. The third kappa shape index (κ3) is 3.92. The molecule has 0 bridgehead atoms. The smallest absolute Gasteiger partial charge is 0.338 e. The van der Waals surface area contributed by atoms with E-state index in [9.17, 15) is 29.4 Å². The first-order chi connectivity index (χ1) is 16.1. The highest BCUT2D eigenvalue weighted by Crippen LogP contribution is 2.39. The van der Waals surface area contributed by atoms with Crippen molar-refractivity contribution in [2.75, 3.05) is 17.3 Å². The Morgan fingerprint density at radius 1 is 0.971 bits per heavy atom. The van der Waals surface area contributed by atoms with Crippen LogP contribution in [0.1, 0.15) is 38.3 Å². The number of aryl methyl sites for hydroxylation is 3. The van der Waals surface area contributed by atoms with Gasteiger partial charge in [-0.3, -0.25) is 9.59 Å². The number of carboxylic acids is 2. The lowest BCUT2D eigenvalue weighted by atomic mass is 9.94. The van der Waals surface area contributed by atoms with E-state index in [0.29, 0.717) is 35.3 Å². The molecule has 0 saturated carbocycles. The van der Waals surface area contributed by atoms with Crippen LogP contribution in [-0.2, 0) is 18.3 Å². The lowest BCUT2D eigenvalue weighted by Crippen LogP contribution is -2.31. The molecule has 2 aromatic carbocycles. The zero-order valence-electron chi connectivity index (χ0n) is 18.9. The van der Waals surface area contributed by atoms with Crippen LogP contribution >= 0.6 is 0 Å². The SMILES string of the molecule is Cc1cc(-c2cc3c(cc2Nc2cccc(C(=O)O)c2C(=O)O)N(C)C(=O)CC3)cn(C)c1=O. The predicted octanol–water partition coefficient (Wildman–Crippen LogP) is 3.41. The van der Waals surface area contributed by atoms with Crippen molar-refractivity contribution < 1.29 is 24.6 Å². The number of rotatable bonds is 5. The largest absolute Gasteiger partial charge is 0.478 e. The minimum atomic E-state index is -1.38. The topological polar surface area (TPSA) is 129 Å². The molecule has 174 valence electrons. The van der Waals surface area contributed by atoms with E-state index in [1.54, 1.807) is 44.2 Å². The van der Waals surface area contributed by atoms with Gasteiger partial charge in [0.25, 0.3) is 5.56 Å². The Morgan fingerprint density at radius 3 is 2.35 bits per heavy atom. The fourth-order valence-corrected chi connectivity index (χ4v) is 4.27. The number of nitrogens with one attached hydrogen (secondary N) is 1. The van der Waals surface area contributed by atoms with Crippen LogP contribution in [0.3, 0.4) is 0 Å². The Morgan fingerprint density at radius 2 is 1.71 bits per heavy atom. The number of hydrogen-bond acceptors (Lipinski definition) is 5. The van der Waals surface area contributed by atoms with E-state index in [1.165, 1.54) is 22.8 Å². The molecule has 4 rings (SSSR count). The number of pyridine rings is 1. The summed E-state index contributed by atoms with van der Waals surface area (Å²) < 4.78 is 1.47. The molecular formula is C25H23N3O6. The van der Waals surface area contributed by atoms with Gasteiger partial charge in [-0.25, -0.2) is 9.59 Å². The minimum absolute atomic E-state index is 0.0387. The molecular weight excluding hydrogens is 438 g/mol. The summed E-state index contributed by atoms with van der Waals surface area (Å²) in [6, 6.07) is 9.59. The number of anilines is 3. The fourth-order valence-electron chi connectivity index (χ4n) is 4.27. The molecule has 1 aliphatic heterocycles. The maximum Gasteiger partial charge on any atom is 0.338 e. The monoisotopic (exact) mass is 461 g/mol. The van der Waals surface area contributed by atoms with Gasteiger partial charge < -0.3 is 25.0 Å². The highest BCUT2D eigenvalue weighted by atomic mass is 16.4. The van der Waals surface area contributed by atoms with E-state index in [1.807, 2.05) is 6.07 Å². The second-order valence-corrected chi connectivity index (χ2v) is 8.27. The number of benzene rings is 2. The number of aromatic nitrogens is 1. The molecule has 34 heavy (non-hydrogen) atoms. The van der Waals surface area contributed by atoms with Crippen molar-refractivity contribution in [3.63, 3.8) is 0 Å². The zero-order chi connectivity index (χ0) is 24.7. The van der Waals surface area contributed by atoms with Crippen LogP contribution in [0.25, 0.3) is 11.1 Å². The quantitative estimate of drug-likeness (QED) is 0.531. The molecule has 0 radical (unpaired) electrons. The number of hydrogen-bond donors (Lipinski definition) is 3. The fraction of sp³-hybridized carbons (Fsp3) is 0.200. The molecule has 0 atom stereocenters. The second kappa shape index (κ2) is 8.51. The Kier molecular flexibility index (Phi) is 5.70. The maximum atomic E-state index is 12.3. The predicted molar refractivity (Wildman–Crippen MR) is 127 cm³/mol. The summed E-state index contributed by atoms with van der Waals surface area (Å²) in [7, 11) is 3.32. The van der Waals surface area contributed by atoms with E-state index in [-0.39, 0.29) is 28.3 Å². The van der Waals surface area contributed by atoms with Crippen LogP contribution in [-0.4, -0.2) is 39.7 Å². The van der Waals surface area contributed by atoms with Gasteiger partial charge in [-0.2, -0.15) is 0 Å². The van der Waals surface area contributed by atoms with Gasteiger partial charge in [-0.1, -0.05) is 6.07 Å². The molecule has 0 saturated heterocycles.